The van der Waals surface area contributed by atoms with E-state index in [9.17, 15) is 9.90 Å². The van der Waals surface area contributed by atoms with Crippen molar-refractivity contribution in [3.05, 3.63) is 0 Å². The van der Waals surface area contributed by atoms with Crippen LogP contribution in [-0.4, -0.2) is 41.5 Å². The van der Waals surface area contributed by atoms with Crippen LogP contribution in [0.1, 0.15) is 72.1 Å². The van der Waals surface area contributed by atoms with Crippen LogP contribution in [0.4, 0.5) is 4.79 Å². The molecule has 1 heterocycles. The molecule has 1 aliphatic carbocycles. The summed E-state index contributed by atoms with van der Waals surface area (Å²) in [5.41, 5.74) is -0.872. The van der Waals surface area contributed by atoms with Gasteiger partial charge in [0, 0.05) is 19.2 Å². The van der Waals surface area contributed by atoms with Crippen molar-refractivity contribution in [3.8, 4) is 0 Å². The van der Waals surface area contributed by atoms with E-state index < -0.39 is 5.60 Å². The summed E-state index contributed by atoms with van der Waals surface area (Å²) in [6, 6.07) is 0.00170. The summed E-state index contributed by atoms with van der Waals surface area (Å²) in [7, 11) is 0. The zero-order valence-corrected chi connectivity index (χ0v) is 15.0. The molecule has 0 aromatic rings. The van der Waals surface area contributed by atoms with E-state index in [1.54, 1.807) is 6.92 Å². The molecule has 2 aliphatic rings. The Kier molecular flexibility index (Phi) is 6.32. The fraction of sp³-hybridized carbons (Fsp3) is 0.944. The maximum atomic E-state index is 12.2. The molecule has 1 spiro atoms. The van der Waals surface area contributed by atoms with E-state index in [1.807, 2.05) is 13.8 Å². The van der Waals surface area contributed by atoms with Crippen LogP contribution in [-0.2, 0) is 4.74 Å². The summed E-state index contributed by atoms with van der Waals surface area (Å²) < 4.78 is 6.07. The molecule has 1 aliphatic heterocycles. The SMILES string of the molecule is CCC(C)C(C)(O)CNC(=O)NC1CCOC2(CCCCC2)C1. The van der Waals surface area contributed by atoms with Crippen molar-refractivity contribution in [2.75, 3.05) is 13.2 Å². The summed E-state index contributed by atoms with van der Waals surface area (Å²) in [6.07, 6.45) is 8.69. The third kappa shape index (κ3) is 5.08. The van der Waals surface area contributed by atoms with Crippen LogP contribution in [0, 0.1) is 5.92 Å². The van der Waals surface area contributed by atoms with E-state index in [0.717, 1.165) is 38.7 Å². The van der Waals surface area contributed by atoms with Gasteiger partial charge in [-0.15, -0.1) is 0 Å². The van der Waals surface area contributed by atoms with Crippen LogP contribution in [0.3, 0.4) is 0 Å². The molecule has 3 atom stereocenters. The maximum Gasteiger partial charge on any atom is 0.315 e. The third-order valence-electron chi connectivity index (χ3n) is 5.87. The summed E-state index contributed by atoms with van der Waals surface area (Å²) >= 11 is 0. The minimum Gasteiger partial charge on any atom is -0.388 e. The van der Waals surface area contributed by atoms with Crippen molar-refractivity contribution in [2.24, 2.45) is 5.92 Å². The highest BCUT2D eigenvalue weighted by Crippen LogP contribution is 2.38. The second-order valence-corrected chi connectivity index (χ2v) is 7.78. The molecule has 0 bridgehead atoms. The van der Waals surface area contributed by atoms with Crippen molar-refractivity contribution in [1.29, 1.82) is 0 Å². The maximum absolute atomic E-state index is 12.2. The first-order valence-corrected chi connectivity index (χ1v) is 9.27. The summed E-state index contributed by atoms with van der Waals surface area (Å²) in [6.45, 7) is 6.85. The van der Waals surface area contributed by atoms with Gasteiger partial charge in [-0.1, -0.05) is 39.5 Å². The van der Waals surface area contributed by atoms with E-state index in [0.29, 0.717) is 0 Å². The lowest BCUT2D eigenvalue weighted by molar-refractivity contribution is -0.107. The Hall–Kier alpha value is -0.810. The largest absolute Gasteiger partial charge is 0.388 e. The molecule has 2 rings (SSSR count). The number of amides is 2. The number of nitrogens with one attached hydrogen (secondary N) is 2. The average molecular weight is 326 g/mol. The number of carbonyl (C=O) groups excluding carboxylic acids is 1. The van der Waals surface area contributed by atoms with Gasteiger partial charge in [0.25, 0.3) is 0 Å². The Morgan fingerprint density at radius 2 is 2.09 bits per heavy atom. The van der Waals surface area contributed by atoms with Gasteiger partial charge in [-0.3, -0.25) is 0 Å². The van der Waals surface area contributed by atoms with Crippen LogP contribution < -0.4 is 10.6 Å². The molecule has 0 aromatic heterocycles. The number of aliphatic hydroxyl groups is 1. The highest BCUT2D eigenvalue weighted by Gasteiger charge is 2.39. The highest BCUT2D eigenvalue weighted by atomic mass is 16.5. The molecular weight excluding hydrogens is 292 g/mol. The Bertz CT molecular complexity index is 386. The standard InChI is InChI=1S/C18H34N2O3/c1-4-14(2)17(3,22)13-19-16(21)20-15-8-11-23-18(12-15)9-6-5-7-10-18/h14-15,22H,4-13H2,1-3H3,(H2,19,20,21). The Morgan fingerprint density at radius 3 is 2.74 bits per heavy atom. The molecule has 2 amide bonds. The molecule has 5 heteroatoms. The number of ether oxygens (including phenoxy) is 1. The lowest BCUT2D eigenvalue weighted by Gasteiger charge is -2.43. The van der Waals surface area contributed by atoms with Crippen molar-refractivity contribution >= 4 is 6.03 Å². The fourth-order valence-corrected chi connectivity index (χ4v) is 3.81. The van der Waals surface area contributed by atoms with Gasteiger partial charge in [0.1, 0.15) is 0 Å². The number of hydrogen-bond donors (Lipinski definition) is 3. The Balaban J connectivity index is 1.78. The molecule has 1 saturated heterocycles. The zero-order chi connectivity index (χ0) is 16.9. The third-order valence-corrected chi connectivity index (χ3v) is 5.87. The van der Waals surface area contributed by atoms with Gasteiger partial charge < -0.3 is 20.5 Å². The lowest BCUT2D eigenvalue weighted by atomic mass is 9.78. The molecule has 23 heavy (non-hydrogen) atoms. The van der Waals surface area contributed by atoms with Gasteiger partial charge in [0.15, 0.2) is 0 Å². The topological polar surface area (TPSA) is 70.6 Å². The first-order valence-electron chi connectivity index (χ1n) is 9.27. The summed E-state index contributed by atoms with van der Waals surface area (Å²) in [4.78, 5) is 12.2. The van der Waals surface area contributed by atoms with Gasteiger partial charge in [-0.2, -0.15) is 0 Å². The van der Waals surface area contributed by atoms with E-state index in [2.05, 4.69) is 10.6 Å². The van der Waals surface area contributed by atoms with Gasteiger partial charge in [-0.05, 0) is 38.5 Å². The predicted molar refractivity (Wildman–Crippen MR) is 91.4 cm³/mol. The van der Waals surface area contributed by atoms with Crippen molar-refractivity contribution in [1.82, 2.24) is 10.6 Å². The zero-order valence-electron chi connectivity index (χ0n) is 15.0. The minimum absolute atomic E-state index is 0.00331. The Morgan fingerprint density at radius 1 is 1.39 bits per heavy atom. The monoisotopic (exact) mass is 326 g/mol. The van der Waals surface area contributed by atoms with Crippen LogP contribution >= 0.6 is 0 Å². The van der Waals surface area contributed by atoms with Crippen LogP contribution in [0.15, 0.2) is 0 Å². The smallest absolute Gasteiger partial charge is 0.315 e. The molecule has 134 valence electrons. The lowest BCUT2D eigenvalue weighted by Crippen LogP contribution is -2.53. The van der Waals surface area contributed by atoms with Gasteiger partial charge in [-0.25, -0.2) is 4.79 Å². The molecule has 2 fully saturated rings. The minimum atomic E-state index is -0.869. The molecule has 0 aromatic carbocycles. The quantitative estimate of drug-likeness (QED) is 0.727. The van der Waals surface area contributed by atoms with E-state index in [-0.39, 0.29) is 30.1 Å². The van der Waals surface area contributed by atoms with Crippen molar-refractivity contribution in [2.45, 2.75) is 89.4 Å². The van der Waals surface area contributed by atoms with Crippen LogP contribution in [0.2, 0.25) is 0 Å². The molecule has 3 unspecified atom stereocenters. The first kappa shape index (κ1) is 18.5. The van der Waals surface area contributed by atoms with E-state index in [4.69, 9.17) is 4.74 Å². The van der Waals surface area contributed by atoms with Gasteiger partial charge in [0.05, 0.1) is 11.2 Å². The predicted octanol–water partition coefficient (Wildman–Crippen LogP) is 2.96. The molecule has 3 N–H and O–H groups in total. The van der Waals surface area contributed by atoms with E-state index >= 15 is 0 Å². The number of carbonyl (C=O) groups is 1. The number of urea groups is 1. The second kappa shape index (κ2) is 7.84. The first-order chi connectivity index (χ1) is 10.9. The normalized spacial score (nSPS) is 27.9. The average Bonchev–Trinajstić information content (AvgIpc) is 2.53. The highest BCUT2D eigenvalue weighted by molar-refractivity contribution is 5.74. The number of rotatable bonds is 5. The summed E-state index contributed by atoms with van der Waals surface area (Å²) in [5, 5.41) is 16.3. The molecule has 5 nitrogen and oxygen atoms in total. The van der Waals surface area contributed by atoms with Crippen molar-refractivity contribution in [3.63, 3.8) is 0 Å². The fourth-order valence-electron chi connectivity index (χ4n) is 3.81. The molecule has 0 radical (unpaired) electrons. The summed E-state index contributed by atoms with van der Waals surface area (Å²) in [5.74, 6) is 0.149. The second-order valence-electron chi connectivity index (χ2n) is 7.78. The van der Waals surface area contributed by atoms with Crippen LogP contribution in [0.25, 0.3) is 0 Å². The Labute approximate surface area is 140 Å². The molecule has 1 saturated carbocycles. The van der Waals surface area contributed by atoms with Gasteiger partial charge in [0.2, 0.25) is 0 Å². The van der Waals surface area contributed by atoms with Crippen molar-refractivity contribution < 1.29 is 14.6 Å². The van der Waals surface area contributed by atoms with E-state index in [1.165, 1.54) is 19.3 Å². The van der Waals surface area contributed by atoms with Gasteiger partial charge >= 0.3 is 6.03 Å². The molecular formula is C18H34N2O3. The van der Waals surface area contributed by atoms with Crippen LogP contribution in [0.5, 0.6) is 0 Å². The number of hydrogen-bond acceptors (Lipinski definition) is 3.